The van der Waals surface area contributed by atoms with Crippen LogP contribution in [-0.4, -0.2) is 33.0 Å². The second kappa shape index (κ2) is 8.50. The van der Waals surface area contributed by atoms with Crippen molar-refractivity contribution < 1.29 is 19.4 Å². The van der Waals surface area contributed by atoms with Gasteiger partial charge >= 0.3 is 5.97 Å². The lowest BCUT2D eigenvalue weighted by Crippen LogP contribution is -2.00. The zero-order valence-electron chi connectivity index (χ0n) is 18.3. The molecule has 0 aliphatic rings. The minimum atomic E-state index is -0.925. The minimum absolute atomic E-state index is 0.125. The predicted molar refractivity (Wildman–Crippen MR) is 128 cm³/mol. The fraction of sp³-hybridized carbons (Fsp3) is 0.120. The topological polar surface area (TPSA) is 110 Å². The maximum absolute atomic E-state index is 11.2. The highest BCUT2D eigenvalue weighted by molar-refractivity contribution is 7.10. The molecule has 168 valence electrons. The molecule has 0 amide bonds. The van der Waals surface area contributed by atoms with Crippen LogP contribution >= 0.6 is 11.3 Å². The lowest BCUT2D eigenvalue weighted by atomic mass is 10.0. The van der Waals surface area contributed by atoms with Gasteiger partial charge in [0.1, 0.15) is 11.4 Å². The molecule has 0 aliphatic heterocycles. The first-order valence-corrected chi connectivity index (χ1v) is 11.2. The van der Waals surface area contributed by atoms with E-state index in [1.807, 2.05) is 25.2 Å². The van der Waals surface area contributed by atoms with Crippen molar-refractivity contribution in [3.05, 3.63) is 64.5 Å². The number of carboxylic acid groups (broad SMARTS) is 1. The second-order valence-electron chi connectivity index (χ2n) is 7.58. The molecule has 0 saturated heterocycles. The number of hydrogen-bond acceptors (Lipinski definition) is 7. The van der Waals surface area contributed by atoms with Crippen molar-refractivity contribution >= 4 is 39.1 Å². The van der Waals surface area contributed by atoms with E-state index in [-0.39, 0.29) is 6.42 Å². The Labute approximate surface area is 198 Å². The van der Waals surface area contributed by atoms with Crippen LogP contribution in [-0.2, 0) is 18.3 Å². The number of fused-ring (bicyclic) bond motifs is 3. The lowest BCUT2D eigenvalue weighted by molar-refractivity contribution is -0.136. The van der Waals surface area contributed by atoms with E-state index in [9.17, 15) is 9.90 Å². The summed E-state index contributed by atoms with van der Waals surface area (Å²) in [4.78, 5) is 16.4. The number of thiophene rings is 1. The first-order chi connectivity index (χ1) is 16.5. The molecule has 2 aromatic carbocycles. The Morgan fingerprint density at radius 2 is 1.97 bits per heavy atom. The Morgan fingerprint density at radius 1 is 1.18 bits per heavy atom. The highest BCUT2D eigenvalue weighted by atomic mass is 32.1. The number of rotatable bonds is 6. The van der Waals surface area contributed by atoms with E-state index < -0.39 is 5.97 Å². The number of nitriles is 1. The quantitative estimate of drug-likeness (QED) is 0.365. The molecule has 34 heavy (non-hydrogen) atoms. The average molecular weight is 471 g/mol. The Hall–Kier alpha value is -4.42. The molecule has 9 heteroatoms. The van der Waals surface area contributed by atoms with Crippen LogP contribution in [0.15, 0.2) is 54.0 Å². The van der Waals surface area contributed by atoms with Crippen LogP contribution in [0.5, 0.6) is 17.2 Å². The average Bonchev–Trinajstić information content (AvgIpc) is 3.42. The Kier molecular flexibility index (Phi) is 5.36. The Balaban J connectivity index is 1.71. The summed E-state index contributed by atoms with van der Waals surface area (Å²) in [5.74, 6) is 0.481. The van der Waals surface area contributed by atoms with Crippen LogP contribution in [0.2, 0.25) is 0 Å². The van der Waals surface area contributed by atoms with Gasteiger partial charge in [-0.3, -0.25) is 14.5 Å². The minimum Gasteiger partial charge on any atom is -0.493 e. The molecule has 8 nitrogen and oxygen atoms in total. The van der Waals surface area contributed by atoms with Gasteiger partial charge in [-0.1, -0.05) is 12.1 Å². The van der Waals surface area contributed by atoms with Gasteiger partial charge in [-0.05, 0) is 29.6 Å². The van der Waals surface area contributed by atoms with Crippen LogP contribution in [0.25, 0.3) is 33.1 Å². The Bertz CT molecular complexity index is 1600. The van der Waals surface area contributed by atoms with Crippen molar-refractivity contribution in [3.8, 4) is 34.6 Å². The third-order valence-corrected chi connectivity index (χ3v) is 6.39. The number of ether oxygens (including phenoxy) is 2. The normalized spacial score (nSPS) is 11.0. The summed E-state index contributed by atoms with van der Waals surface area (Å²) in [6, 6.07) is 14.8. The van der Waals surface area contributed by atoms with Gasteiger partial charge in [0, 0.05) is 29.4 Å². The molecule has 0 bridgehead atoms. The molecule has 0 radical (unpaired) electrons. The highest BCUT2D eigenvalue weighted by Gasteiger charge is 2.19. The number of carboxylic acids is 1. The van der Waals surface area contributed by atoms with E-state index in [4.69, 9.17) is 19.8 Å². The molecule has 0 saturated carbocycles. The molecular weight excluding hydrogens is 452 g/mol. The smallest absolute Gasteiger partial charge is 0.308 e. The van der Waals surface area contributed by atoms with E-state index in [1.54, 1.807) is 47.6 Å². The number of pyridine rings is 1. The van der Waals surface area contributed by atoms with Gasteiger partial charge in [-0.25, -0.2) is 0 Å². The summed E-state index contributed by atoms with van der Waals surface area (Å²) < 4.78 is 13.5. The number of methoxy groups -OCH3 is 1. The van der Waals surface area contributed by atoms with Gasteiger partial charge in [0.25, 0.3) is 0 Å². The largest absolute Gasteiger partial charge is 0.493 e. The molecular formula is C25H18N4O4S. The van der Waals surface area contributed by atoms with Gasteiger partial charge in [-0.15, -0.1) is 11.3 Å². The molecule has 0 fully saturated rings. The van der Waals surface area contributed by atoms with Crippen LogP contribution in [0, 0.1) is 11.3 Å². The number of benzene rings is 2. The summed E-state index contributed by atoms with van der Waals surface area (Å²) in [7, 11) is 3.40. The molecule has 0 aliphatic carbocycles. The number of hydrogen-bond donors (Lipinski definition) is 1. The highest BCUT2D eigenvalue weighted by Crippen LogP contribution is 2.41. The van der Waals surface area contributed by atoms with Gasteiger partial charge in [-0.2, -0.15) is 10.4 Å². The van der Waals surface area contributed by atoms with Gasteiger partial charge in [0.05, 0.1) is 47.3 Å². The Morgan fingerprint density at radius 3 is 2.68 bits per heavy atom. The van der Waals surface area contributed by atoms with Crippen molar-refractivity contribution in [2.45, 2.75) is 6.42 Å². The standard InChI is InChI=1S/C25H18N4O4S/c1-29-18-13-27-17-10-20(32-2)21(33-19-7-8-34-22(19)11-23(30)31)9-16(17)24(18)25(28-29)15-5-3-14(12-26)4-6-15/h3-10,13H,11H2,1-2H3,(H,30,31). The molecule has 3 heterocycles. The fourth-order valence-corrected chi connectivity index (χ4v) is 4.67. The molecule has 5 rings (SSSR count). The van der Waals surface area contributed by atoms with Crippen LogP contribution < -0.4 is 9.47 Å². The second-order valence-corrected chi connectivity index (χ2v) is 8.58. The van der Waals surface area contributed by atoms with E-state index in [0.29, 0.717) is 33.2 Å². The number of aliphatic carboxylic acids is 1. The summed E-state index contributed by atoms with van der Waals surface area (Å²) in [6.45, 7) is 0. The molecule has 0 atom stereocenters. The fourth-order valence-electron chi connectivity index (χ4n) is 3.89. The lowest BCUT2D eigenvalue weighted by Gasteiger charge is -2.12. The predicted octanol–water partition coefficient (Wildman–Crippen LogP) is 5.15. The first-order valence-electron chi connectivity index (χ1n) is 10.3. The van der Waals surface area contributed by atoms with E-state index >= 15 is 0 Å². The molecule has 0 spiro atoms. The van der Waals surface area contributed by atoms with Crippen molar-refractivity contribution in [1.82, 2.24) is 14.8 Å². The maximum atomic E-state index is 11.2. The summed E-state index contributed by atoms with van der Waals surface area (Å²) in [5.41, 5.74) is 3.74. The van der Waals surface area contributed by atoms with Crippen LogP contribution in [0.1, 0.15) is 10.4 Å². The molecule has 1 N–H and O–H groups in total. The molecule has 0 unspecified atom stereocenters. The third-order valence-electron chi connectivity index (χ3n) is 5.49. The van der Waals surface area contributed by atoms with Gasteiger partial charge in [0.15, 0.2) is 11.5 Å². The summed E-state index contributed by atoms with van der Waals surface area (Å²) >= 11 is 1.33. The van der Waals surface area contributed by atoms with Crippen LogP contribution in [0.3, 0.4) is 0 Å². The number of carbonyl (C=O) groups is 1. The number of nitrogens with zero attached hydrogens (tertiary/aromatic N) is 4. The van der Waals surface area contributed by atoms with E-state index in [1.165, 1.54) is 11.3 Å². The number of aryl methyl sites for hydroxylation is 1. The van der Waals surface area contributed by atoms with Crippen molar-refractivity contribution in [1.29, 1.82) is 5.26 Å². The molecule has 3 aromatic heterocycles. The van der Waals surface area contributed by atoms with E-state index in [0.717, 1.165) is 27.5 Å². The monoisotopic (exact) mass is 470 g/mol. The van der Waals surface area contributed by atoms with Crippen molar-refractivity contribution in [2.24, 2.45) is 7.05 Å². The SMILES string of the molecule is COc1cc2ncc3c(c(-c4ccc(C#N)cc4)nn3C)c2cc1Oc1ccsc1CC(=O)O. The third kappa shape index (κ3) is 3.70. The summed E-state index contributed by atoms with van der Waals surface area (Å²) in [5, 5.41) is 26.6. The van der Waals surface area contributed by atoms with E-state index in [2.05, 4.69) is 11.1 Å². The van der Waals surface area contributed by atoms with Crippen molar-refractivity contribution in [3.63, 3.8) is 0 Å². The van der Waals surface area contributed by atoms with Gasteiger partial charge < -0.3 is 14.6 Å². The zero-order chi connectivity index (χ0) is 23.8. The molecule has 5 aromatic rings. The van der Waals surface area contributed by atoms with Gasteiger partial charge in [0.2, 0.25) is 0 Å². The number of aromatic nitrogens is 3. The maximum Gasteiger partial charge on any atom is 0.308 e. The van der Waals surface area contributed by atoms with Crippen LogP contribution in [0.4, 0.5) is 0 Å². The van der Waals surface area contributed by atoms with Crippen molar-refractivity contribution in [2.75, 3.05) is 7.11 Å². The first kappa shape index (κ1) is 21.4. The zero-order valence-corrected chi connectivity index (χ0v) is 19.1. The summed E-state index contributed by atoms with van der Waals surface area (Å²) in [6.07, 6.45) is 1.64.